The predicted octanol–water partition coefficient (Wildman–Crippen LogP) is 2.47. The van der Waals surface area contributed by atoms with Crippen LogP contribution in [0.5, 0.6) is 0 Å². The normalized spacial score (nSPS) is 11.2. The van der Waals surface area contributed by atoms with Crippen LogP contribution in [-0.4, -0.2) is 26.9 Å². The molecule has 0 aliphatic rings. The van der Waals surface area contributed by atoms with Crippen LogP contribution in [0.2, 0.25) is 5.02 Å². The number of benzene rings is 1. The van der Waals surface area contributed by atoms with Crippen molar-refractivity contribution in [3.63, 3.8) is 0 Å². The average Bonchev–Trinajstić information content (AvgIpc) is 3.00. The summed E-state index contributed by atoms with van der Waals surface area (Å²) < 4.78 is 0. The van der Waals surface area contributed by atoms with E-state index in [0.717, 1.165) is 5.56 Å². The number of hydrogen-bond acceptors (Lipinski definition) is 4. The first-order valence-electron chi connectivity index (χ1n) is 7.73. The Labute approximate surface area is 150 Å². The number of imidazole rings is 1. The number of aromatic nitrogens is 2. The zero-order valence-corrected chi connectivity index (χ0v) is 15.1. The summed E-state index contributed by atoms with van der Waals surface area (Å²) in [5.41, 5.74) is 1.02. The molecule has 0 atom stereocenters. The van der Waals surface area contributed by atoms with Crippen LogP contribution in [0.3, 0.4) is 0 Å². The number of nitrogens with one attached hydrogen (secondary N) is 3. The molecular formula is C17H21ClN4O3. The summed E-state index contributed by atoms with van der Waals surface area (Å²) in [4.78, 5) is 31.0. The van der Waals surface area contributed by atoms with Gasteiger partial charge in [0.1, 0.15) is 0 Å². The summed E-state index contributed by atoms with van der Waals surface area (Å²) in [6, 6.07) is 4.98. The van der Waals surface area contributed by atoms with Gasteiger partial charge in [-0.15, -0.1) is 0 Å². The van der Waals surface area contributed by atoms with Gasteiger partial charge >= 0.3 is 0 Å². The minimum atomic E-state index is -0.490. The van der Waals surface area contributed by atoms with Crippen molar-refractivity contribution in [2.45, 2.75) is 33.9 Å². The Morgan fingerprint density at radius 1 is 1.32 bits per heavy atom. The molecule has 25 heavy (non-hydrogen) atoms. The van der Waals surface area contributed by atoms with E-state index >= 15 is 0 Å². The van der Waals surface area contributed by atoms with E-state index in [0.29, 0.717) is 12.2 Å². The predicted molar refractivity (Wildman–Crippen MR) is 95.2 cm³/mol. The fourth-order valence-electron chi connectivity index (χ4n) is 1.98. The van der Waals surface area contributed by atoms with Crippen LogP contribution in [0.4, 0.5) is 5.95 Å². The Kier molecular flexibility index (Phi) is 5.81. The SMILES string of the molecule is CC(C)(C)C(=O)NCc1ccc(Cl)c(C(=O)Nc2ncc(CO)[nH]2)c1. The number of anilines is 1. The molecule has 0 bridgehead atoms. The molecule has 1 heterocycles. The van der Waals surface area contributed by atoms with E-state index in [1.165, 1.54) is 6.20 Å². The number of hydrogen-bond donors (Lipinski definition) is 4. The molecule has 4 N–H and O–H groups in total. The third-order valence-electron chi connectivity index (χ3n) is 3.44. The Hall–Kier alpha value is -2.38. The lowest BCUT2D eigenvalue weighted by Gasteiger charge is -2.18. The average molecular weight is 365 g/mol. The number of amides is 2. The fraction of sp³-hybridized carbons (Fsp3) is 0.353. The highest BCUT2D eigenvalue weighted by Gasteiger charge is 2.21. The van der Waals surface area contributed by atoms with E-state index in [-0.39, 0.29) is 29.0 Å². The van der Waals surface area contributed by atoms with E-state index in [2.05, 4.69) is 20.6 Å². The van der Waals surface area contributed by atoms with Crippen molar-refractivity contribution < 1.29 is 14.7 Å². The number of carbonyl (C=O) groups excluding carboxylic acids is 2. The molecule has 0 saturated carbocycles. The minimum absolute atomic E-state index is 0.0828. The quantitative estimate of drug-likeness (QED) is 0.653. The maximum atomic E-state index is 12.4. The first-order chi connectivity index (χ1) is 11.7. The number of H-pyrrole nitrogens is 1. The molecule has 0 spiro atoms. The first kappa shape index (κ1) is 19.0. The van der Waals surface area contributed by atoms with Gasteiger partial charge in [-0.1, -0.05) is 38.4 Å². The van der Waals surface area contributed by atoms with Crippen molar-refractivity contribution in [1.82, 2.24) is 15.3 Å². The lowest BCUT2D eigenvalue weighted by molar-refractivity contribution is -0.128. The molecule has 2 amide bonds. The van der Waals surface area contributed by atoms with Crippen molar-refractivity contribution in [3.05, 3.63) is 46.2 Å². The lowest BCUT2D eigenvalue weighted by atomic mass is 9.95. The maximum Gasteiger partial charge on any atom is 0.259 e. The molecule has 134 valence electrons. The number of aliphatic hydroxyl groups excluding tert-OH is 1. The van der Waals surface area contributed by atoms with Crippen molar-refractivity contribution in [2.24, 2.45) is 5.41 Å². The molecular weight excluding hydrogens is 344 g/mol. The van der Waals surface area contributed by atoms with Crippen molar-refractivity contribution in [3.8, 4) is 0 Å². The third kappa shape index (κ3) is 5.04. The number of rotatable bonds is 5. The van der Waals surface area contributed by atoms with Gasteiger partial charge in [-0.25, -0.2) is 4.98 Å². The third-order valence-corrected chi connectivity index (χ3v) is 3.77. The second-order valence-corrected chi connectivity index (χ2v) is 7.02. The largest absolute Gasteiger partial charge is 0.390 e. The van der Waals surface area contributed by atoms with Crippen LogP contribution in [-0.2, 0) is 17.9 Å². The molecule has 1 aromatic heterocycles. The summed E-state index contributed by atoms with van der Waals surface area (Å²) in [6.07, 6.45) is 1.43. The topological polar surface area (TPSA) is 107 Å². The fourth-order valence-corrected chi connectivity index (χ4v) is 2.19. The van der Waals surface area contributed by atoms with E-state index in [9.17, 15) is 9.59 Å². The minimum Gasteiger partial charge on any atom is -0.390 e. The van der Waals surface area contributed by atoms with E-state index in [1.54, 1.807) is 18.2 Å². The van der Waals surface area contributed by atoms with Crippen LogP contribution in [0, 0.1) is 5.41 Å². The van der Waals surface area contributed by atoms with Gasteiger partial charge in [0.15, 0.2) is 0 Å². The first-order valence-corrected chi connectivity index (χ1v) is 8.11. The summed E-state index contributed by atoms with van der Waals surface area (Å²) in [7, 11) is 0. The number of halogens is 1. The Balaban J connectivity index is 2.09. The van der Waals surface area contributed by atoms with Gasteiger partial charge in [-0.3, -0.25) is 14.9 Å². The second kappa shape index (κ2) is 7.67. The molecule has 8 heteroatoms. The van der Waals surface area contributed by atoms with Crippen molar-refractivity contribution in [2.75, 3.05) is 5.32 Å². The highest BCUT2D eigenvalue weighted by Crippen LogP contribution is 2.20. The molecule has 0 aliphatic heterocycles. The van der Waals surface area contributed by atoms with Crippen molar-refractivity contribution in [1.29, 1.82) is 0 Å². The van der Waals surface area contributed by atoms with Gasteiger partial charge in [-0.05, 0) is 17.7 Å². The van der Waals surface area contributed by atoms with Gasteiger partial charge in [0.05, 0.1) is 29.1 Å². The smallest absolute Gasteiger partial charge is 0.259 e. The highest BCUT2D eigenvalue weighted by molar-refractivity contribution is 6.34. The summed E-state index contributed by atoms with van der Waals surface area (Å²) in [5.74, 6) is -0.301. The Bertz CT molecular complexity index is 780. The Morgan fingerprint density at radius 3 is 2.64 bits per heavy atom. The highest BCUT2D eigenvalue weighted by atomic mass is 35.5. The molecule has 7 nitrogen and oxygen atoms in total. The summed E-state index contributed by atoms with van der Waals surface area (Å²) in [5, 5.41) is 14.7. The molecule has 2 aromatic rings. The molecule has 2 rings (SSSR count). The van der Waals surface area contributed by atoms with Gasteiger partial charge in [0, 0.05) is 12.0 Å². The lowest BCUT2D eigenvalue weighted by Crippen LogP contribution is -2.34. The summed E-state index contributed by atoms with van der Waals surface area (Å²) >= 11 is 6.11. The number of nitrogens with zero attached hydrogens (tertiary/aromatic N) is 1. The van der Waals surface area contributed by atoms with Crippen LogP contribution in [0.1, 0.15) is 42.4 Å². The van der Waals surface area contributed by atoms with Crippen LogP contribution in [0.25, 0.3) is 0 Å². The molecule has 0 radical (unpaired) electrons. The monoisotopic (exact) mass is 364 g/mol. The van der Waals surface area contributed by atoms with E-state index in [1.807, 2.05) is 20.8 Å². The number of aliphatic hydroxyl groups is 1. The van der Waals surface area contributed by atoms with Crippen LogP contribution < -0.4 is 10.6 Å². The number of carbonyl (C=O) groups is 2. The van der Waals surface area contributed by atoms with Gasteiger partial charge < -0.3 is 15.4 Å². The summed E-state index contributed by atoms with van der Waals surface area (Å²) in [6.45, 7) is 5.57. The molecule has 0 saturated heterocycles. The van der Waals surface area contributed by atoms with Gasteiger partial charge in [0.2, 0.25) is 11.9 Å². The zero-order valence-electron chi connectivity index (χ0n) is 14.3. The Morgan fingerprint density at radius 2 is 2.04 bits per heavy atom. The standard InChI is InChI=1S/C17H21ClN4O3/c1-17(2,3)15(25)19-7-10-4-5-13(18)12(6-10)14(24)22-16-20-8-11(9-23)21-16/h4-6,8,23H,7,9H2,1-3H3,(H,19,25)(H2,20,21,22,24). The molecule has 0 fully saturated rings. The van der Waals surface area contributed by atoms with E-state index in [4.69, 9.17) is 16.7 Å². The zero-order chi connectivity index (χ0) is 18.6. The van der Waals surface area contributed by atoms with Crippen LogP contribution >= 0.6 is 11.6 Å². The van der Waals surface area contributed by atoms with Gasteiger partial charge in [-0.2, -0.15) is 0 Å². The molecule has 1 aromatic carbocycles. The number of aromatic amines is 1. The maximum absolute atomic E-state index is 12.4. The second-order valence-electron chi connectivity index (χ2n) is 6.62. The van der Waals surface area contributed by atoms with Crippen LogP contribution in [0.15, 0.2) is 24.4 Å². The molecule has 0 unspecified atom stereocenters. The van der Waals surface area contributed by atoms with Gasteiger partial charge in [0.25, 0.3) is 5.91 Å². The van der Waals surface area contributed by atoms with E-state index < -0.39 is 11.3 Å². The van der Waals surface area contributed by atoms with Crippen molar-refractivity contribution >= 4 is 29.4 Å². The molecule has 0 aliphatic carbocycles.